The molecule has 3 nitrogen and oxygen atoms in total. The van der Waals surface area contributed by atoms with Crippen LogP contribution in [0.3, 0.4) is 0 Å². The lowest BCUT2D eigenvalue weighted by Gasteiger charge is -2.16. The summed E-state index contributed by atoms with van der Waals surface area (Å²) < 4.78 is 5.34. The van der Waals surface area contributed by atoms with E-state index in [2.05, 4.69) is 6.58 Å². The third kappa shape index (κ3) is 5.42. The van der Waals surface area contributed by atoms with Crippen LogP contribution in [0.25, 0.3) is 0 Å². The Morgan fingerprint density at radius 2 is 2.23 bits per heavy atom. The molecule has 3 heteroatoms. The Balaban J connectivity index is 3.55. The summed E-state index contributed by atoms with van der Waals surface area (Å²) in [6, 6.07) is 0. The first-order valence-corrected chi connectivity index (χ1v) is 4.55. The summed E-state index contributed by atoms with van der Waals surface area (Å²) in [5.41, 5.74) is 0. The predicted molar refractivity (Wildman–Crippen MR) is 51.6 cm³/mol. The summed E-state index contributed by atoms with van der Waals surface area (Å²) in [7, 11) is 0. The smallest absolute Gasteiger partial charge is 0.308 e. The molecular formula is C10H18O3. The first-order valence-electron chi connectivity index (χ1n) is 4.55. The number of hydrogen-bond acceptors (Lipinski definition) is 2. The van der Waals surface area contributed by atoms with Gasteiger partial charge in [-0.1, -0.05) is 6.08 Å². The van der Waals surface area contributed by atoms with Crippen LogP contribution in [-0.2, 0) is 9.53 Å². The zero-order valence-corrected chi connectivity index (χ0v) is 8.32. The Bertz CT molecular complexity index is 166. The number of ether oxygens (including phenoxy) is 1. The molecule has 2 atom stereocenters. The van der Waals surface area contributed by atoms with Crippen molar-refractivity contribution in [2.75, 3.05) is 6.61 Å². The maximum atomic E-state index is 10.5. The van der Waals surface area contributed by atoms with Gasteiger partial charge in [0.25, 0.3) is 0 Å². The molecule has 76 valence electrons. The molecule has 0 aromatic rings. The third-order valence-electron chi connectivity index (χ3n) is 2.03. The van der Waals surface area contributed by atoms with Crippen molar-refractivity contribution in [3.05, 3.63) is 12.7 Å². The monoisotopic (exact) mass is 186 g/mol. The number of aliphatic carboxylic acids is 1. The van der Waals surface area contributed by atoms with Crippen LogP contribution in [0.4, 0.5) is 0 Å². The number of hydrogen-bond donors (Lipinski definition) is 1. The number of carbonyl (C=O) groups is 1. The van der Waals surface area contributed by atoms with E-state index in [9.17, 15) is 4.79 Å². The second-order valence-electron chi connectivity index (χ2n) is 3.13. The van der Waals surface area contributed by atoms with Gasteiger partial charge in [0.15, 0.2) is 0 Å². The fraction of sp³-hybridized carbons (Fsp3) is 0.700. The average molecular weight is 186 g/mol. The Morgan fingerprint density at radius 3 is 2.69 bits per heavy atom. The standard InChI is InChI=1S/C10H18O3/c1-4-5-6-7-13-9(3)8(2)10(11)12/h4,8-9H,1,5-7H2,2-3H3,(H,11,12)/t8-,9+/m0/s1. The molecule has 0 aliphatic heterocycles. The molecule has 0 radical (unpaired) electrons. The Labute approximate surface area is 79.4 Å². The maximum Gasteiger partial charge on any atom is 0.308 e. The molecule has 0 bridgehead atoms. The summed E-state index contributed by atoms with van der Waals surface area (Å²) in [4.78, 5) is 10.5. The van der Waals surface area contributed by atoms with E-state index in [-0.39, 0.29) is 6.10 Å². The normalized spacial score (nSPS) is 14.9. The summed E-state index contributed by atoms with van der Waals surface area (Å²) in [5, 5.41) is 8.66. The number of unbranched alkanes of at least 4 members (excludes halogenated alkanes) is 1. The van der Waals surface area contributed by atoms with Crippen molar-refractivity contribution in [3.63, 3.8) is 0 Å². The second kappa shape index (κ2) is 6.66. The molecule has 0 saturated carbocycles. The van der Waals surface area contributed by atoms with E-state index in [0.29, 0.717) is 6.61 Å². The van der Waals surface area contributed by atoms with E-state index in [4.69, 9.17) is 9.84 Å². The lowest BCUT2D eigenvalue weighted by molar-refractivity contribution is -0.146. The summed E-state index contributed by atoms with van der Waals surface area (Å²) in [5.74, 6) is -1.25. The number of allylic oxidation sites excluding steroid dienone is 1. The Kier molecular flexibility index (Phi) is 6.24. The molecule has 0 aromatic carbocycles. The van der Waals surface area contributed by atoms with Crippen molar-refractivity contribution in [1.29, 1.82) is 0 Å². The molecule has 0 rings (SSSR count). The molecule has 13 heavy (non-hydrogen) atoms. The molecular weight excluding hydrogens is 168 g/mol. The molecule has 0 aliphatic rings. The quantitative estimate of drug-likeness (QED) is 0.489. The Hall–Kier alpha value is -0.830. The van der Waals surface area contributed by atoms with E-state index in [1.54, 1.807) is 13.8 Å². The van der Waals surface area contributed by atoms with Gasteiger partial charge in [0, 0.05) is 6.61 Å². The molecule has 0 spiro atoms. The molecule has 1 N–H and O–H groups in total. The van der Waals surface area contributed by atoms with Crippen molar-refractivity contribution in [3.8, 4) is 0 Å². The minimum atomic E-state index is -0.809. The van der Waals surface area contributed by atoms with Crippen LogP contribution in [0, 0.1) is 5.92 Å². The number of rotatable bonds is 7. The molecule has 0 fully saturated rings. The Morgan fingerprint density at radius 1 is 1.62 bits per heavy atom. The van der Waals surface area contributed by atoms with Gasteiger partial charge >= 0.3 is 5.97 Å². The molecule has 0 saturated heterocycles. The van der Waals surface area contributed by atoms with Gasteiger partial charge in [0.1, 0.15) is 0 Å². The lowest BCUT2D eigenvalue weighted by Crippen LogP contribution is -2.25. The highest BCUT2D eigenvalue weighted by Crippen LogP contribution is 2.07. The van der Waals surface area contributed by atoms with E-state index < -0.39 is 11.9 Å². The predicted octanol–water partition coefficient (Wildman–Crippen LogP) is 2.08. The molecule has 0 heterocycles. The van der Waals surface area contributed by atoms with Crippen LogP contribution >= 0.6 is 0 Å². The highest BCUT2D eigenvalue weighted by molar-refractivity contribution is 5.70. The van der Waals surface area contributed by atoms with E-state index in [1.807, 2.05) is 6.08 Å². The van der Waals surface area contributed by atoms with Crippen LogP contribution < -0.4 is 0 Å². The van der Waals surface area contributed by atoms with E-state index in [0.717, 1.165) is 12.8 Å². The summed E-state index contributed by atoms with van der Waals surface area (Å²) in [6.07, 6.45) is 3.42. The number of carboxylic acids is 1. The van der Waals surface area contributed by atoms with Gasteiger partial charge in [-0.15, -0.1) is 6.58 Å². The fourth-order valence-corrected chi connectivity index (χ4v) is 0.842. The average Bonchev–Trinajstić information content (AvgIpc) is 2.10. The van der Waals surface area contributed by atoms with Crippen molar-refractivity contribution in [2.24, 2.45) is 5.92 Å². The van der Waals surface area contributed by atoms with Crippen LogP contribution in [-0.4, -0.2) is 23.8 Å². The molecule has 0 aliphatic carbocycles. The topological polar surface area (TPSA) is 46.5 Å². The lowest BCUT2D eigenvalue weighted by atomic mass is 10.1. The van der Waals surface area contributed by atoms with E-state index in [1.165, 1.54) is 0 Å². The van der Waals surface area contributed by atoms with Gasteiger partial charge in [0.2, 0.25) is 0 Å². The highest BCUT2D eigenvalue weighted by Gasteiger charge is 2.19. The first kappa shape index (κ1) is 12.2. The SMILES string of the molecule is C=CCCCO[C@H](C)[C@H](C)C(=O)O. The van der Waals surface area contributed by atoms with Crippen molar-refractivity contribution in [2.45, 2.75) is 32.8 Å². The van der Waals surface area contributed by atoms with Crippen molar-refractivity contribution >= 4 is 5.97 Å². The summed E-state index contributed by atoms with van der Waals surface area (Å²) >= 11 is 0. The second-order valence-corrected chi connectivity index (χ2v) is 3.13. The molecule has 0 amide bonds. The van der Waals surface area contributed by atoms with Gasteiger partial charge < -0.3 is 9.84 Å². The van der Waals surface area contributed by atoms with Gasteiger partial charge in [-0.2, -0.15) is 0 Å². The van der Waals surface area contributed by atoms with Crippen molar-refractivity contribution in [1.82, 2.24) is 0 Å². The van der Waals surface area contributed by atoms with Gasteiger partial charge in [0.05, 0.1) is 12.0 Å². The van der Waals surface area contributed by atoms with Crippen molar-refractivity contribution < 1.29 is 14.6 Å². The summed E-state index contributed by atoms with van der Waals surface area (Å²) in [6.45, 7) is 7.63. The molecule has 0 aromatic heterocycles. The van der Waals surface area contributed by atoms with Crippen LogP contribution in [0.5, 0.6) is 0 Å². The maximum absolute atomic E-state index is 10.5. The highest BCUT2D eigenvalue weighted by atomic mass is 16.5. The van der Waals surface area contributed by atoms with Crippen LogP contribution in [0.2, 0.25) is 0 Å². The number of carboxylic acid groups (broad SMARTS) is 1. The molecule has 0 unspecified atom stereocenters. The van der Waals surface area contributed by atoms with Gasteiger partial charge in [-0.3, -0.25) is 4.79 Å². The zero-order chi connectivity index (χ0) is 10.3. The fourth-order valence-electron chi connectivity index (χ4n) is 0.842. The van der Waals surface area contributed by atoms with Gasteiger partial charge in [-0.25, -0.2) is 0 Å². The van der Waals surface area contributed by atoms with Gasteiger partial charge in [-0.05, 0) is 26.7 Å². The minimum Gasteiger partial charge on any atom is -0.481 e. The largest absolute Gasteiger partial charge is 0.481 e. The first-order chi connectivity index (χ1) is 6.09. The van der Waals surface area contributed by atoms with E-state index >= 15 is 0 Å². The van der Waals surface area contributed by atoms with Crippen LogP contribution in [0.15, 0.2) is 12.7 Å². The van der Waals surface area contributed by atoms with Crippen LogP contribution in [0.1, 0.15) is 26.7 Å². The zero-order valence-electron chi connectivity index (χ0n) is 8.32. The third-order valence-corrected chi connectivity index (χ3v) is 2.03. The minimum absolute atomic E-state index is 0.220.